The lowest BCUT2D eigenvalue weighted by molar-refractivity contribution is -0.121. The van der Waals surface area contributed by atoms with Crippen molar-refractivity contribution >= 4 is 40.1 Å². The average Bonchev–Trinajstić information content (AvgIpc) is 2.92. The van der Waals surface area contributed by atoms with Crippen molar-refractivity contribution in [3.05, 3.63) is 77.4 Å². The molecule has 0 saturated carbocycles. The maximum atomic E-state index is 12.2. The fraction of sp³-hybridized carbons (Fsp3) is 0.200. The molecule has 27 heavy (non-hydrogen) atoms. The number of aliphatic imine (C=N–C) groups is 1. The van der Waals surface area contributed by atoms with E-state index < -0.39 is 0 Å². The van der Waals surface area contributed by atoms with Crippen LogP contribution in [0.2, 0.25) is 5.02 Å². The van der Waals surface area contributed by atoms with Crippen molar-refractivity contribution in [2.75, 3.05) is 13.7 Å². The fourth-order valence-electron chi connectivity index (χ4n) is 1.83. The standard InChI is InChI=1S/C16H17ClN2O3S.C4H6/c1-19-15(22)14(4-2-3-13(21)9-10-20)23-16(19)18-12-7-5-11(17)6-8-12;1-3-4-2/h3-8,20-21H,2,9-10H2,1H3;3-4H,1-2H2/b13-3+,14-4-,18-16?;. The highest BCUT2D eigenvalue weighted by Gasteiger charge is 2.29. The van der Waals surface area contributed by atoms with Crippen LogP contribution in [0.5, 0.6) is 0 Å². The van der Waals surface area contributed by atoms with Crippen LogP contribution in [0.4, 0.5) is 5.69 Å². The molecule has 1 aromatic rings. The number of halogens is 1. The van der Waals surface area contributed by atoms with Crippen molar-refractivity contribution in [2.24, 2.45) is 4.99 Å². The van der Waals surface area contributed by atoms with Gasteiger partial charge in [0.05, 0.1) is 23.0 Å². The summed E-state index contributed by atoms with van der Waals surface area (Å²) < 4.78 is 0. The lowest BCUT2D eigenvalue weighted by Crippen LogP contribution is -2.23. The van der Waals surface area contributed by atoms with Crippen molar-refractivity contribution in [1.82, 2.24) is 4.90 Å². The Balaban J connectivity index is 0.000000828. The number of aliphatic hydroxyl groups excluding tert-OH is 2. The summed E-state index contributed by atoms with van der Waals surface area (Å²) in [5.41, 5.74) is 0.721. The lowest BCUT2D eigenvalue weighted by Gasteiger charge is -2.06. The summed E-state index contributed by atoms with van der Waals surface area (Å²) in [6.45, 7) is 6.62. The molecule has 0 aromatic heterocycles. The topological polar surface area (TPSA) is 73.1 Å². The first-order valence-electron chi connectivity index (χ1n) is 8.15. The maximum absolute atomic E-state index is 12.2. The number of benzene rings is 1. The van der Waals surface area contributed by atoms with Crippen LogP contribution in [-0.2, 0) is 4.79 Å². The molecule has 144 valence electrons. The van der Waals surface area contributed by atoms with Gasteiger partial charge in [-0.15, -0.1) is 0 Å². The second-order valence-electron chi connectivity index (χ2n) is 5.28. The van der Waals surface area contributed by atoms with Crippen molar-refractivity contribution in [3.8, 4) is 0 Å². The first-order chi connectivity index (χ1) is 12.9. The molecular weight excluding hydrogens is 384 g/mol. The number of hydrogen-bond acceptors (Lipinski definition) is 5. The third kappa shape index (κ3) is 7.86. The number of amidine groups is 1. The Kier molecular flexibility index (Phi) is 10.3. The first kappa shape index (κ1) is 22.8. The minimum absolute atomic E-state index is 0.104. The molecule has 1 amide bonds. The minimum Gasteiger partial charge on any atom is -0.513 e. The van der Waals surface area contributed by atoms with E-state index in [9.17, 15) is 9.90 Å². The van der Waals surface area contributed by atoms with E-state index in [0.717, 1.165) is 5.69 Å². The number of carbonyl (C=O) groups is 1. The third-order valence-corrected chi connectivity index (χ3v) is 4.61. The normalized spacial score (nSPS) is 17.1. The summed E-state index contributed by atoms with van der Waals surface area (Å²) in [6.07, 6.45) is 7.22. The van der Waals surface area contributed by atoms with Crippen LogP contribution in [0.15, 0.2) is 77.4 Å². The van der Waals surface area contributed by atoms with Gasteiger partial charge in [0, 0.05) is 18.5 Å². The van der Waals surface area contributed by atoms with E-state index in [1.165, 1.54) is 16.7 Å². The van der Waals surface area contributed by atoms with E-state index in [2.05, 4.69) is 18.2 Å². The summed E-state index contributed by atoms with van der Waals surface area (Å²) in [7, 11) is 1.67. The van der Waals surface area contributed by atoms with E-state index in [0.29, 0.717) is 21.5 Å². The summed E-state index contributed by atoms with van der Waals surface area (Å²) in [5, 5.41) is 19.4. The smallest absolute Gasteiger partial charge is 0.266 e. The van der Waals surface area contributed by atoms with E-state index in [4.69, 9.17) is 16.7 Å². The highest BCUT2D eigenvalue weighted by Crippen LogP contribution is 2.32. The lowest BCUT2D eigenvalue weighted by atomic mass is 10.3. The predicted molar refractivity (Wildman–Crippen MR) is 114 cm³/mol. The van der Waals surface area contributed by atoms with Crippen LogP contribution < -0.4 is 0 Å². The minimum atomic E-state index is -0.127. The van der Waals surface area contributed by atoms with Crippen LogP contribution in [0.1, 0.15) is 12.8 Å². The number of thioether (sulfide) groups is 1. The zero-order valence-corrected chi connectivity index (χ0v) is 16.7. The van der Waals surface area contributed by atoms with E-state index >= 15 is 0 Å². The van der Waals surface area contributed by atoms with Gasteiger partial charge < -0.3 is 10.2 Å². The van der Waals surface area contributed by atoms with Crippen molar-refractivity contribution < 1.29 is 15.0 Å². The molecular formula is C20H23ClN2O3S. The molecule has 1 heterocycles. The van der Waals surface area contributed by atoms with Gasteiger partial charge in [0.25, 0.3) is 5.91 Å². The maximum Gasteiger partial charge on any atom is 0.266 e. The van der Waals surface area contributed by atoms with Gasteiger partial charge in [0.15, 0.2) is 5.17 Å². The molecule has 2 rings (SSSR count). The van der Waals surface area contributed by atoms with Gasteiger partial charge in [-0.05, 0) is 48.5 Å². The molecule has 0 radical (unpaired) electrons. The largest absolute Gasteiger partial charge is 0.513 e. The first-order valence-corrected chi connectivity index (χ1v) is 9.35. The van der Waals surface area contributed by atoms with E-state index in [1.807, 2.05) is 0 Å². The van der Waals surface area contributed by atoms with Crippen molar-refractivity contribution in [2.45, 2.75) is 12.8 Å². The Morgan fingerprint density at radius 3 is 2.48 bits per heavy atom. The number of carbonyl (C=O) groups excluding carboxylic acids is 1. The van der Waals surface area contributed by atoms with Crippen molar-refractivity contribution in [3.63, 3.8) is 0 Å². The second-order valence-corrected chi connectivity index (χ2v) is 6.73. The Morgan fingerprint density at radius 2 is 1.93 bits per heavy atom. The summed E-state index contributed by atoms with van der Waals surface area (Å²) in [5.74, 6) is -0.0130. The van der Waals surface area contributed by atoms with E-state index in [1.54, 1.807) is 55.6 Å². The molecule has 7 heteroatoms. The summed E-state index contributed by atoms with van der Waals surface area (Å²) in [6, 6.07) is 7.05. The molecule has 0 aliphatic carbocycles. The Labute approximate surface area is 169 Å². The highest BCUT2D eigenvalue weighted by molar-refractivity contribution is 8.18. The number of rotatable bonds is 6. The molecule has 5 nitrogen and oxygen atoms in total. The predicted octanol–water partition coefficient (Wildman–Crippen LogP) is 4.99. The molecule has 1 aliphatic heterocycles. The Hall–Kier alpha value is -2.28. The van der Waals surface area contributed by atoms with Gasteiger partial charge in [-0.1, -0.05) is 43.0 Å². The van der Waals surface area contributed by atoms with Crippen LogP contribution in [0, 0.1) is 0 Å². The van der Waals surface area contributed by atoms with Gasteiger partial charge in [-0.3, -0.25) is 9.69 Å². The van der Waals surface area contributed by atoms with Crippen molar-refractivity contribution in [1.29, 1.82) is 0 Å². The number of likely N-dealkylation sites (N-methyl/N-ethyl adjacent to an activating group) is 1. The quantitative estimate of drug-likeness (QED) is 0.396. The molecule has 1 fully saturated rings. The molecule has 1 aliphatic rings. The van der Waals surface area contributed by atoms with Crippen LogP contribution in [0.25, 0.3) is 0 Å². The van der Waals surface area contributed by atoms with E-state index in [-0.39, 0.29) is 24.7 Å². The molecule has 1 saturated heterocycles. The van der Waals surface area contributed by atoms with Gasteiger partial charge >= 0.3 is 0 Å². The zero-order valence-electron chi connectivity index (χ0n) is 15.1. The zero-order chi connectivity index (χ0) is 20.2. The molecule has 0 spiro atoms. The second kappa shape index (κ2) is 12.2. The highest BCUT2D eigenvalue weighted by atomic mass is 35.5. The molecule has 0 unspecified atom stereocenters. The summed E-state index contributed by atoms with van der Waals surface area (Å²) >= 11 is 7.12. The number of amides is 1. The third-order valence-electron chi connectivity index (χ3n) is 3.25. The Bertz CT molecular complexity index is 749. The number of aliphatic hydroxyl groups is 2. The number of hydrogen-bond donors (Lipinski definition) is 2. The van der Waals surface area contributed by atoms with Gasteiger partial charge in [-0.25, -0.2) is 4.99 Å². The average molecular weight is 407 g/mol. The van der Waals surface area contributed by atoms with Gasteiger partial charge in [0.1, 0.15) is 0 Å². The van der Waals surface area contributed by atoms with Crippen LogP contribution in [0.3, 0.4) is 0 Å². The molecule has 1 aromatic carbocycles. The van der Waals surface area contributed by atoms with Gasteiger partial charge in [0.2, 0.25) is 0 Å². The molecule has 0 atom stereocenters. The molecule has 2 N–H and O–H groups in total. The Morgan fingerprint density at radius 1 is 1.30 bits per heavy atom. The number of allylic oxidation sites excluding steroid dienone is 4. The van der Waals surface area contributed by atoms with Gasteiger partial charge in [-0.2, -0.15) is 0 Å². The SMILES string of the molecule is C=CC=C.CN1C(=O)/C(=C/C/C=C(/O)CCO)SC1=Nc1ccc(Cl)cc1. The van der Waals surface area contributed by atoms with Crippen LogP contribution >= 0.6 is 23.4 Å². The van der Waals surface area contributed by atoms with Crippen LogP contribution in [-0.4, -0.2) is 39.8 Å². The fourth-order valence-corrected chi connectivity index (χ4v) is 2.93. The summed E-state index contributed by atoms with van der Waals surface area (Å²) in [4.78, 5) is 18.7. The monoisotopic (exact) mass is 406 g/mol. The molecule has 0 bridgehead atoms. The number of nitrogens with zero attached hydrogens (tertiary/aromatic N) is 2.